The van der Waals surface area contributed by atoms with Gasteiger partial charge in [0.25, 0.3) is 5.91 Å². The van der Waals surface area contributed by atoms with Crippen LogP contribution in [0.15, 0.2) is 18.3 Å². The van der Waals surface area contributed by atoms with Gasteiger partial charge in [-0.1, -0.05) is 0 Å². The molecule has 2 rings (SSSR count). The lowest BCUT2D eigenvalue weighted by molar-refractivity contribution is 0.0951. The van der Waals surface area contributed by atoms with Gasteiger partial charge in [-0.3, -0.25) is 20.1 Å². The molecule has 1 aromatic heterocycles. The van der Waals surface area contributed by atoms with Crippen molar-refractivity contribution in [3.05, 3.63) is 29.6 Å². The standard InChI is InChI=1S/C12H18N4OS/c13-15-12(17)10-3-1-4-14-11(10)9-16-5-2-7-18-8-6-16/h1,3-4H,2,5-9,13H2,(H,15,17). The summed E-state index contributed by atoms with van der Waals surface area (Å²) in [7, 11) is 0. The van der Waals surface area contributed by atoms with Crippen LogP contribution in [0.1, 0.15) is 22.5 Å². The smallest absolute Gasteiger partial charge is 0.267 e. The third kappa shape index (κ3) is 3.44. The first kappa shape index (κ1) is 13.3. The number of hydrazine groups is 1. The summed E-state index contributed by atoms with van der Waals surface area (Å²) < 4.78 is 0. The van der Waals surface area contributed by atoms with Crippen LogP contribution in [-0.4, -0.2) is 40.4 Å². The summed E-state index contributed by atoms with van der Waals surface area (Å²) in [5.41, 5.74) is 3.53. The summed E-state index contributed by atoms with van der Waals surface area (Å²) in [5.74, 6) is 7.27. The fourth-order valence-electron chi connectivity index (χ4n) is 2.02. The molecule has 98 valence electrons. The van der Waals surface area contributed by atoms with Crippen molar-refractivity contribution in [3.63, 3.8) is 0 Å². The van der Waals surface area contributed by atoms with Gasteiger partial charge < -0.3 is 0 Å². The van der Waals surface area contributed by atoms with Crippen molar-refractivity contribution >= 4 is 17.7 Å². The molecule has 6 heteroatoms. The van der Waals surface area contributed by atoms with E-state index in [4.69, 9.17) is 5.84 Å². The molecule has 0 aliphatic carbocycles. The Hall–Kier alpha value is -1.11. The number of nitrogens with zero attached hydrogens (tertiary/aromatic N) is 2. The molecule has 0 aromatic carbocycles. The average molecular weight is 266 g/mol. The second kappa shape index (κ2) is 6.72. The summed E-state index contributed by atoms with van der Waals surface area (Å²) >= 11 is 1.98. The van der Waals surface area contributed by atoms with Crippen LogP contribution in [-0.2, 0) is 6.54 Å². The Morgan fingerprint density at radius 3 is 3.22 bits per heavy atom. The largest absolute Gasteiger partial charge is 0.297 e. The second-order valence-corrected chi connectivity index (χ2v) is 5.44. The van der Waals surface area contributed by atoms with Crippen LogP contribution in [0.5, 0.6) is 0 Å². The maximum absolute atomic E-state index is 11.6. The molecule has 1 aliphatic heterocycles. The number of nitrogens with two attached hydrogens (primary N) is 1. The van der Waals surface area contributed by atoms with Crippen molar-refractivity contribution in [2.75, 3.05) is 24.6 Å². The van der Waals surface area contributed by atoms with E-state index in [1.165, 1.54) is 12.2 Å². The van der Waals surface area contributed by atoms with E-state index < -0.39 is 0 Å². The maximum Gasteiger partial charge on any atom is 0.267 e. The van der Waals surface area contributed by atoms with E-state index >= 15 is 0 Å². The predicted molar refractivity (Wildman–Crippen MR) is 73.1 cm³/mol. The zero-order valence-electron chi connectivity index (χ0n) is 10.3. The Balaban J connectivity index is 2.10. The molecule has 1 amide bonds. The molecule has 0 atom stereocenters. The molecule has 1 saturated heterocycles. The highest BCUT2D eigenvalue weighted by Gasteiger charge is 2.15. The van der Waals surface area contributed by atoms with Crippen LogP contribution >= 0.6 is 11.8 Å². The Bertz CT molecular complexity index is 405. The normalized spacial score (nSPS) is 17.2. The van der Waals surface area contributed by atoms with Gasteiger partial charge in [0.05, 0.1) is 11.3 Å². The van der Waals surface area contributed by atoms with Crippen LogP contribution < -0.4 is 11.3 Å². The third-order valence-electron chi connectivity index (χ3n) is 2.95. The molecular weight excluding hydrogens is 248 g/mol. The number of nitrogens with one attached hydrogen (secondary N) is 1. The van der Waals surface area contributed by atoms with Crippen LogP contribution in [0.3, 0.4) is 0 Å². The summed E-state index contributed by atoms with van der Waals surface area (Å²) in [5, 5.41) is 0. The number of carbonyl (C=O) groups is 1. The van der Waals surface area contributed by atoms with Gasteiger partial charge in [0.2, 0.25) is 0 Å². The van der Waals surface area contributed by atoms with Gasteiger partial charge in [-0.2, -0.15) is 11.8 Å². The summed E-state index contributed by atoms with van der Waals surface area (Å²) in [6.45, 7) is 2.82. The third-order valence-corrected chi connectivity index (χ3v) is 4.00. The minimum absolute atomic E-state index is 0.276. The SMILES string of the molecule is NNC(=O)c1cccnc1CN1CCCSCC1. The van der Waals surface area contributed by atoms with Gasteiger partial charge in [-0.05, 0) is 30.9 Å². The number of thioether (sulfide) groups is 1. The number of amides is 1. The first-order valence-corrected chi connectivity index (χ1v) is 7.21. The zero-order chi connectivity index (χ0) is 12.8. The molecule has 3 N–H and O–H groups in total. The molecule has 1 aromatic rings. The van der Waals surface area contributed by atoms with E-state index in [1.54, 1.807) is 18.3 Å². The van der Waals surface area contributed by atoms with Crippen molar-refractivity contribution < 1.29 is 4.79 Å². The molecule has 0 bridgehead atoms. The van der Waals surface area contributed by atoms with Crippen molar-refractivity contribution in [1.29, 1.82) is 0 Å². The number of pyridine rings is 1. The molecular formula is C12H18N4OS. The van der Waals surface area contributed by atoms with Crippen LogP contribution in [0.2, 0.25) is 0 Å². The van der Waals surface area contributed by atoms with E-state index in [0.717, 1.165) is 24.5 Å². The number of aromatic nitrogens is 1. The monoisotopic (exact) mass is 266 g/mol. The zero-order valence-corrected chi connectivity index (χ0v) is 11.1. The Morgan fingerprint density at radius 1 is 1.50 bits per heavy atom. The lowest BCUT2D eigenvalue weighted by atomic mass is 10.1. The highest BCUT2D eigenvalue weighted by atomic mass is 32.2. The summed E-state index contributed by atoms with van der Waals surface area (Å²) in [4.78, 5) is 18.3. The second-order valence-electron chi connectivity index (χ2n) is 4.21. The van der Waals surface area contributed by atoms with E-state index in [1.807, 2.05) is 11.8 Å². The van der Waals surface area contributed by atoms with Crippen molar-refractivity contribution in [2.45, 2.75) is 13.0 Å². The van der Waals surface area contributed by atoms with Gasteiger partial charge >= 0.3 is 0 Å². The molecule has 0 radical (unpaired) electrons. The maximum atomic E-state index is 11.6. The summed E-state index contributed by atoms with van der Waals surface area (Å²) in [6.07, 6.45) is 2.91. The highest BCUT2D eigenvalue weighted by Crippen LogP contribution is 2.14. The van der Waals surface area contributed by atoms with Crippen LogP contribution in [0.25, 0.3) is 0 Å². The van der Waals surface area contributed by atoms with Gasteiger partial charge in [0.15, 0.2) is 0 Å². The molecule has 5 nitrogen and oxygen atoms in total. The molecule has 1 fully saturated rings. The van der Waals surface area contributed by atoms with E-state index in [-0.39, 0.29) is 5.91 Å². The predicted octanol–water partition coefficient (Wildman–Crippen LogP) is 0.624. The Morgan fingerprint density at radius 2 is 2.39 bits per heavy atom. The number of hydrogen-bond donors (Lipinski definition) is 2. The lowest BCUT2D eigenvalue weighted by Crippen LogP contribution is -2.33. The van der Waals surface area contributed by atoms with E-state index in [0.29, 0.717) is 12.1 Å². The average Bonchev–Trinajstić information content (AvgIpc) is 2.67. The lowest BCUT2D eigenvalue weighted by Gasteiger charge is -2.19. The topological polar surface area (TPSA) is 71.2 Å². The van der Waals surface area contributed by atoms with E-state index in [2.05, 4.69) is 15.3 Å². The quantitative estimate of drug-likeness (QED) is 0.477. The van der Waals surface area contributed by atoms with Crippen molar-refractivity contribution in [2.24, 2.45) is 5.84 Å². The molecule has 2 heterocycles. The number of hydrogen-bond acceptors (Lipinski definition) is 5. The van der Waals surface area contributed by atoms with Crippen molar-refractivity contribution in [3.8, 4) is 0 Å². The van der Waals surface area contributed by atoms with Crippen LogP contribution in [0.4, 0.5) is 0 Å². The molecule has 0 spiro atoms. The fraction of sp³-hybridized carbons (Fsp3) is 0.500. The number of carbonyl (C=O) groups excluding carboxylic acids is 1. The Labute approximate surface area is 111 Å². The summed E-state index contributed by atoms with van der Waals surface area (Å²) in [6, 6.07) is 3.52. The van der Waals surface area contributed by atoms with E-state index in [9.17, 15) is 4.79 Å². The minimum Gasteiger partial charge on any atom is -0.297 e. The number of nitrogen functional groups attached to an aromatic ring is 1. The first-order chi connectivity index (χ1) is 8.81. The van der Waals surface area contributed by atoms with Gasteiger partial charge in [0.1, 0.15) is 0 Å². The number of rotatable bonds is 3. The molecule has 0 unspecified atom stereocenters. The highest BCUT2D eigenvalue weighted by molar-refractivity contribution is 7.99. The fourth-order valence-corrected chi connectivity index (χ4v) is 2.94. The van der Waals surface area contributed by atoms with Crippen LogP contribution in [0, 0.1) is 0 Å². The van der Waals surface area contributed by atoms with Gasteiger partial charge in [0, 0.05) is 25.0 Å². The first-order valence-electron chi connectivity index (χ1n) is 6.06. The minimum atomic E-state index is -0.276. The van der Waals surface area contributed by atoms with Crippen molar-refractivity contribution in [1.82, 2.24) is 15.3 Å². The molecule has 18 heavy (non-hydrogen) atoms. The Kier molecular flexibility index (Phi) is 4.98. The van der Waals surface area contributed by atoms with Gasteiger partial charge in [-0.25, -0.2) is 5.84 Å². The molecule has 1 aliphatic rings. The van der Waals surface area contributed by atoms with Gasteiger partial charge in [-0.15, -0.1) is 0 Å². The molecule has 0 saturated carbocycles.